The second kappa shape index (κ2) is 6.38. The fourth-order valence-corrected chi connectivity index (χ4v) is 2.63. The number of benzene rings is 2. The molecular formula is C18H20N2. The van der Waals surface area contributed by atoms with Gasteiger partial charge in [0, 0.05) is 24.3 Å². The van der Waals surface area contributed by atoms with E-state index >= 15 is 0 Å². The van der Waals surface area contributed by atoms with Crippen molar-refractivity contribution in [1.29, 1.82) is 0 Å². The molecule has 0 amide bonds. The molecule has 0 saturated carbocycles. The van der Waals surface area contributed by atoms with E-state index in [0.717, 1.165) is 18.9 Å². The number of nitrogens with zero attached hydrogens (tertiary/aromatic N) is 2. The summed E-state index contributed by atoms with van der Waals surface area (Å²) in [7, 11) is 0. The number of rotatable bonds is 2. The van der Waals surface area contributed by atoms with Crippen molar-refractivity contribution in [3.05, 3.63) is 66.2 Å². The van der Waals surface area contributed by atoms with Crippen molar-refractivity contribution in [1.82, 2.24) is 0 Å². The van der Waals surface area contributed by atoms with Gasteiger partial charge in [0.05, 0.1) is 0 Å². The zero-order valence-electron chi connectivity index (χ0n) is 11.7. The molecule has 0 atom stereocenters. The number of para-hydroxylation sites is 1. The summed E-state index contributed by atoms with van der Waals surface area (Å²) in [6.07, 6.45) is 3.68. The van der Waals surface area contributed by atoms with E-state index in [0.29, 0.717) is 0 Å². The van der Waals surface area contributed by atoms with Crippen LogP contribution in [0.25, 0.3) is 0 Å². The van der Waals surface area contributed by atoms with Gasteiger partial charge < -0.3 is 4.90 Å². The Morgan fingerprint density at radius 2 is 1.45 bits per heavy atom. The van der Waals surface area contributed by atoms with Crippen LogP contribution in [0.1, 0.15) is 24.8 Å². The molecule has 2 heteroatoms. The summed E-state index contributed by atoms with van der Waals surface area (Å²) in [4.78, 5) is 7.21. The molecule has 0 bridgehead atoms. The van der Waals surface area contributed by atoms with Crippen LogP contribution in [0.2, 0.25) is 0 Å². The quantitative estimate of drug-likeness (QED) is 0.796. The molecule has 2 aromatic rings. The Kier molecular flexibility index (Phi) is 4.12. The van der Waals surface area contributed by atoms with Crippen molar-refractivity contribution in [2.45, 2.75) is 19.3 Å². The van der Waals surface area contributed by atoms with E-state index in [-0.39, 0.29) is 0 Å². The molecule has 0 aromatic heterocycles. The molecule has 1 aliphatic heterocycles. The average molecular weight is 264 g/mol. The van der Waals surface area contributed by atoms with Gasteiger partial charge in [-0.3, -0.25) is 4.99 Å². The zero-order valence-corrected chi connectivity index (χ0v) is 11.7. The van der Waals surface area contributed by atoms with Gasteiger partial charge in [-0.05, 0) is 31.4 Å². The molecule has 0 N–H and O–H groups in total. The third kappa shape index (κ3) is 2.90. The summed E-state index contributed by atoms with van der Waals surface area (Å²) < 4.78 is 0. The van der Waals surface area contributed by atoms with Crippen LogP contribution in [0.5, 0.6) is 0 Å². The molecule has 1 aliphatic rings. The van der Waals surface area contributed by atoms with Crippen LogP contribution in [0.15, 0.2) is 65.7 Å². The highest BCUT2D eigenvalue weighted by atomic mass is 15.2. The van der Waals surface area contributed by atoms with Crippen LogP contribution in [0.3, 0.4) is 0 Å². The number of amidine groups is 1. The zero-order chi connectivity index (χ0) is 13.6. The van der Waals surface area contributed by atoms with Gasteiger partial charge in [0.2, 0.25) is 0 Å². The van der Waals surface area contributed by atoms with E-state index in [1.165, 1.54) is 30.5 Å². The number of aliphatic imine (C=N–C) groups is 1. The van der Waals surface area contributed by atoms with E-state index < -0.39 is 0 Å². The molecule has 0 saturated heterocycles. The first-order valence-electron chi connectivity index (χ1n) is 7.37. The third-order valence-electron chi connectivity index (χ3n) is 3.66. The monoisotopic (exact) mass is 264 g/mol. The molecule has 20 heavy (non-hydrogen) atoms. The Hall–Kier alpha value is -2.09. The smallest absolute Gasteiger partial charge is 0.135 e. The molecule has 0 radical (unpaired) electrons. The molecule has 1 heterocycles. The topological polar surface area (TPSA) is 15.6 Å². The Labute approximate surface area is 120 Å². The van der Waals surface area contributed by atoms with Crippen molar-refractivity contribution in [2.75, 3.05) is 18.0 Å². The van der Waals surface area contributed by atoms with Gasteiger partial charge >= 0.3 is 0 Å². The normalized spacial score (nSPS) is 16.2. The lowest BCUT2D eigenvalue weighted by molar-refractivity contribution is 0.676. The van der Waals surface area contributed by atoms with Gasteiger partial charge in [-0.1, -0.05) is 48.5 Å². The Morgan fingerprint density at radius 3 is 2.20 bits per heavy atom. The molecule has 3 rings (SSSR count). The molecule has 0 unspecified atom stereocenters. The van der Waals surface area contributed by atoms with Crippen LogP contribution in [-0.2, 0) is 0 Å². The Morgan fingerprint density at radius 1 is 0.750 bits per heavy atom. The maximum atomic E-state index is 4.85. The lowest BCUT2D eigenvalue weighted by Crippen LogP contribution is -2.34. The molecule has 2 aromatic carbocycles. The van der Waals surface area contributed by atoms with Crippen molar-refractivity contribution in [2.24, 2.45) is 4.99 Å². The average Bonchev–Trinajstić information content (AvgIpc) is 2.49. The molecule has 102 valence electrons. The molecular weight excluding hydrogens is 244 g/mol. The standard InChI is InChI=1S/C18H20N2/c1-4-10-16(11-5-1)18-19-14-8-3-9-15-20(18)17-12-6-2-7-13-17/h1-2,4-7,10-13H,3,8-9,14-15H2. The highest BCUT2D eigenvalue weighted by molar-refractivity contribution is 6.09. The molecule has 0 spiro atoms. The summed E-state index contributed by atoms with van der Waals surface area (Å²) in [5.41, 5.74) is 2.44. The van der Waals surface area contributed by atoms with E-state index in [1.807, 2.05) is 0 Å². The van der Waals surface area contributed by atoms with Gasteiger partial charge in [0.25, 0.3) is 0 Å². The largest absolute Gasteiger partial charge is 0.326 e. The summed E-state index contributed by atoms with van der Waals surface area (Å²) in [5, 5.41) is 0. The third-order valence-corrected chi connectivity index (χ3v) is 3.66. The van der Waals surface area contributed by atoms with Crippen LogP contribution in [0, 0.1) is 0 Å². The number of hydrogen-bond acceptors (Lipinski definition) is 2. The molecule has 0 fully saturated rings. The van der Waals surface area contributed by atoms with E-state index in [1.54, 1.807) is 0 Å². The first-order valence-corrected chi connectivity index (χ1v) is 7.37. The second-order valence-corrected chi connectivity index (χ2v) is 5.12. The van der Waals surface area contributed by atoms with Crippen LogP contribution >= 0.6 is 0 Å². The van der Waals surface area contributed by atoms with E-state index in [4.69, 9.17) is 4.99 Å². The summed E-state index contributed by atoms with van der Waals surface area (Å²) in [6.45, 7) is 1.96. The maximum absolute atomic E-state index is 4.85. The van der Waals surface area contributed by atoms with E-state index in [2.05, 4.69) is 65.6 Å². The minimum absolute atomic E-state index is 0.924. The fourth-order valence-electron chi connectivity index (χ4n) is 2.63. The lowest BCUT2D eigenvalue weighted by atomic mass is 10.1. The highest BCUT2D eigenvalue weighted by Crippen LogP contribution is 2.20. The van der Waals surface area contributed by atoms with Gasteiger partial charge in [-0.25, -0.2) is 0 Å². The molecule has 2 nitrogen and oxygen atoms in total. The summed E-state index contributed by atoms with van der Waals surface area (Å²) >= 11 is 0. The van der Waals surface area contributed by atoms with Gasteiger partial charge in [0.15, 0.2) is 0 Å². The van der Waals surface area contributed by atoms with Gasteiger partial charge in [0.1, 0.15) is 5.84 Å². The predicted octanol–water partition coefficient (Wildman–Crippen LogP) is 4.12. The summed E-state index contributed by atoms with van der Waals surface area (Å²) in [5.74, 6) is 1.11. The van der Waals surface area contributed by atoms with Crippen molar-refractivity contribution < 1.29 is 0 Å². The Balaban J connectivity index is 2.00. The molecule has 0 aliphatic carbocycles. The van der Waals surface area contributed by atoms with Gasteiger partial charge in [-0.2, -0.15) is 0 Å². The van der Waals surface area contributed by atoms with Crippen LogP contribution < -0.4 is 4.90 Å². The SMILES string of the molecule is c1ccc(C2=NCCCCCN2c2ccccc2)cc1. The summed E-state index contributed by atoms with van der Waals surface area (Å²) in [6, 6.07) is 21.1. The van der Waals surface area contributed by atoms with Crippen molar-refractivity contribution in [3.8, 4) is 0 Å². The lowest BCUT2D eigenvalue weighted by Gasteiger charge is -2.28. The highest BCUT2D eigenvalue weighted by Gasteiger charge is 2.16. The van der Waals surface area contributed by atoms with Crippen molar-refractivity contribution in [3.63, 3.8) is 0 Å². The van der Waals surface area contributed by atoms with Gasteiger partial charge in [-0.15, -0.1) is 0 Å². The second-order valence-electron chi connectivity index (χ2n) is 5.12. The van der Waals surface area contributed by atoms with Crippen LogP contribution in [0.4, 0.5) is 5.69 Å². The Bertz CT molecular complexity index is 560. The van der Waals surface area contributed by atoms with Crippen molar-refractivity contribution >= 4 is 11.5 Å². The first kappa shape index (κ1) is 12.9. The fraction of sp³-hybridized carbons (Fsp3) is 0.278. The first-order chi connectivity index (χ1) is 9.95. The number of hydrogen-bond donors (Lipinski definition) is 0. The minimum atomic E-state index is 0.924. The number of anilines is 1. The predicted molar refractivity (Wildman–Crippen MR) is 85.5 cm³/mol. The minimum Gasteiger partial charge on any atom is -0.326 e. The van der Waals surface area contributed by atoms with E-state index in [9.17, 15) is 0 Å². The maximum Gasteiger partial charge on any atom is 0.135 e. The van der Waals surface area contributed by atoms with Crippen LogP contribution in [-0.4, -0.2) is 18.9 Å².